The first kappa shape index (κ1) is 15.8. The highest BCUT2D eigenvalue weighted by Gasteiger charge is 2.41. The summed E-state index contributed by atoms with van der Waals surface area (Å²) in [5, 5.41) is 3.61. The lowest BCUT2D eigenvalue weighted by molar-refractivity contribution is -0.0986. The van der Waals surface area contributed by atoms with Gasteiger partial charge in [-0.15, -0.1) is 0 Å². The second kappa shape index (κ2) is 7.43. The summed E-state index contributed by atoms with van der Waals surface area (Å²) in [4.78, 5) is 0. The van der Waals surface area contributed by atoms with Gasteiger partial charge in [0.15, 0.2) is 0 Å². The Morgan fingerprint density at radius 2 is 1.95 bits per heavy atom. The molecule has 3 nitrogen and oxygen atoms in total. The molecule has 3 fully saturated rings. The van der Waals surface area contributed by atoms with Gasteiger partial charge in [-0.05, 0) is 70.8 Å². The maximum atomic E-state index is 6.19. The fourth-order valence-corrected chi connectivity index (χ4v) is 4.79. The van der Waals surface area contributed by atoms with Gasteiger partial charge in [0.25, 0.3) is 0 Å². The lowest BCUT2D eigenvalue weighted by Gasteiger charge is -2.41. The SMILES string of the molecule is CNC(CCC1CCCCO1)C1CCOC2(CCCC2)C1. The molecular formula is C18H33NO2. The summed E-state index contributed by atoms with van der Waals surface area (Å²) in [6.45, 7) is 1.96. The largest absolute Gasteiger partial charge is 0.378 e. The Hall–Kier alpha value is -0.120. The molecule has 0 amide bonds. The fraction of sp³-hybridized carbons (Fsp3) is 1.00. The molecule has 2 aliphatic heterocycles. The van der Waals surface area contributed by atoms with Crippen molar-refractivity contribution >= 4 is 0 Å². The van der Waals surface area contributed by atoms with Crippen LogP contribution in [0.2, 0.25) is 0 Å². The van der Waals surface area contributed by atoms with Gasteiger partial charge in [-0.25, -0.2) is 0 Å². The predicted molar refractivity (Wildman–Crippen MR) is 85.5 cm³/mol. The van der Waals surface area contributed by atoms with E-state index in [0.29, 0.717) is 12.1 Å². The van der Waals surface area contributed by atoms with Crippen LogP contribution in [0, 0.1) is 5.92 Å². The maximum Gasteiger partial charge on any atom is 0.0685 e. The van der Waals surface area contributed by atoms with Crippen LogP contribution in [0.25, 0.3) is 0 Å². The van der Waals surface area contributed by atoms with Crippen LogP contribution < -0.4 is 5.32 Å². The van der Waals surface area contributed by atoms with Crippen molar-refractivity contribution in [3.05, 3.63) is 0 Å². The van der Waals surface area contributed by atoms with E-state index < -0.39 is 0 Å². The topological polar surface area (TPSA) is 30.5 Å². The van der Waals surface area contributed by atoms with Crippen LogP contribution in [-0.4, -0.2) is 38.0 Å². The van der Waals surface area contributed by atoms with Crippen LogP contribution >= 0.6 is 0 Å². The monoisotopic (exact) mass is 295 g/mol. The molecule has 3 aliphatic rings. The Morgan fingerprint density at radius 3 is 2.67 bits per heavy atom. The standard InChI is InChI=1S/C18H33NO2/c1-19-17(8-7-16-6-2-5-12-20-16)15-9-13-21-18(14-15)10-3-4-11-18/h15-17,19H,2-14H2,1H3. The van der Waals surface area contributed by atoms with Crippen molar-refractivity contribution in [3.8, 4) is 0 Å². The van der Waals surface area contributed by atoms with Gasteiger partial charge in [-0.3, -0.25) is 0 Å². The van der Waals surface area contributed by atoms with E-state index in [4.69, 9.17) is 9.47 Å². The molecule has 1 N–H and O–H groups in total. The van der Waals surface area contributed by atoms with E-state index in [9.17, 15) is 0 Å². The summed E-state index contributed by atoms with van der Waals surface area (Å²) in [6.07, 6.45) is 14.8. The first-order valence-corrected chi connectivity index (χ1v) is 9.24. The van der Waals surface area contributed by atoms with Crippen LogP contribution in [0.3, 0.4) is 0 Å². The van der Waals surface area contributed by atoms with Gasteiger partial charge < -0.3 is 14.8 Å². The third kappa shape index (κ3) is 4.00. The molecule has 0 aromatic carbocycles. The minimum Gasteiger partial charge on any atom is -0.378 e. The highest BCUT2D eigenvalue weighted by atomic mass is 16.5. The van der Waals surface area contributed by atoms with Gasteiger partial charge in [0.1, 0.15) is 0 Å². The molecule has 2 saturated heterocycles. The molecule has 3 atom stereocenters. The molecule has 2 heterocycles. The van der Waals surface area contributed by atoms with Gasteiger partial charge in [0.05, 0.1) is 11.7 Å². The second-order valence-electron chi connectivity index (χ2n) is 7.45. The van der Waals surface area contributed by atoms with E-state index in [0.717, 1.165) is 19.1 Å². The molecule has 0 bridgehead atoms. The van der Waals surface area contributed by atoms with E-state index in [2.05, 4.69) is 12.4 Å². The molecule has 3 unspecified atom stereocenters. The van der Waals surface area contributed by atoms with Crippen molar-refractivity contribution in [3.63, 3.8) is 0 Å². The first-order valence-electron chi connectivity index (χ1n) is 9.24. The van der Waals surface area contributed by atoms with Crippen molar-refractivity contribution < 1.29 is 9.47 Å². The lowest BCUT2D eigenvalue weighted by Crippen LogP contribution is -2.45. The zero-order valence-corrected chi connectivity index (χ0v) is 13.7. The lowest BCUT2D eigenvalue weighted by atomic mass is 9.79. The minimum atomic E-state index is 0.249. The fourth-order valence-electron chi connectivity index (χ4n) is 4.79. The van der Waals surface area contributed by atoms with E-state index >= 15 is 0 Å². The van der Waals surface area contributed by atoms with E-state index in [-0.39, 0.29) is 5.60 Å². The molecule has 0 radical (unpaired) electrons. The summed E-state index contributed by atoms with van der Waals surface area (Å²) in [7, 11) is 2.14. The van der Waals surface area contributed by atoms with Crippen molar-refractivity contribution in [2.45, 2.75) is 88.4 Å². The van der Waals surface area contributed by atoms with Gasteiger partial charge in [0, 0.05) is 19.3 Å². The zero-order valence-electron chi connectivity index (χ0n) is 13.7. The predicted octanol–water partition coefficient (Wildman–Crippen LogP) is 3.66. The number of ether oxygens (including phenoxy) is 2. The average Bonchev–Trinajstić information content (AvgIpc) is 2.97. The molecule has 21 heavy (non-hydrogen) atoms. The molecule has 0 aromatic heterocycles. The maximum absolute atomic E-state index is 6.19. The van der Waals surface area contributed by atoms with Crippen LogP contribution in [0.5, 0.6) is 0 Å². The summed E-state index contributed by atoms with van der Waals surface area (Å²) in [5.74, 6) is 0.797. The van der Waals surface area contributed by atoms with Gasteiger partial charge in [-0.1, -0.05) is 12.8 Å². The third-order valence-corrected chi connectivity index (χ3v) is 6.06. The first-order chi connectivity index (χ1) is 10.3. The highest BCUT2D eigenvalue weighted by Crippen LogP contribution is 2.43. The van der Waals surface area contributed by atoms with Crippen molar-refractivity contribution in [1.82, 2.24) is 5.32 Å². The van der Waals surface area contributed by atoms with Crippen molar-refractivity contribution in [2.24, 2.45) is 5.92 Å². The van der Waals surface area contributed by atoms with Crippen LogP contribution in [0.15, 0.2) is 0 Å². The zero-order chi connectivity index (χ0) is 14.5. The summed E-state index contributed by atoms with van der Waals surface area (Å²) >= 11 is 0. The number of hydrogen-bond donors (Lipinski definition) is 1. The molecule has 3 heteroatoms. The summed E-state index contributed by atoms with van der Waals surface area (Å²) < 4.78 is 12.1. The normalized spacial score (nSPS) is 34.1. The smallest absolute Gasteiger partial charge is 0.0685 e. The Kier molecular flexibility index (Phi) is 5.58. The molecule has 1 saturated carbocycles. The van der Waals surface area contributed by atoms with Gasteiger partial charge in [0.2, 0.25) is 0 Å². The van der Waals surface area contributed by atoms with Gasteiger partial charge >= 0.3 is 0 Å². The van der Waals surface area contributed by atoms with Gasteiger partial charge in [-0.2, -0.15) is 0 Å². The van der Waals surface area contributed by atoms with Crippen LogP contribution in [-0.2, 0) is 9.47 Å². The summed E-state index contributed by atoms with van der Waals surface area (Å²) in [6, 6.07) is 0.650. The third-order valence-electron chi connectivity index (χ3n) is 6.06. The number of nitrogens with one attached hydrogen (secondary N) is 1. The summed E-state index contributed by atoms with van der Waals surface area (Å²) in [5.41, 5.74) is 0.249. The average molecular weight is 295 g/mol. The molecule has 1 spiro atoms. The molecular weight excluding hydrogens is 262 g/mol. The Bertz CT molecular complexity index is 308. The quantitative estimate of drug-likeness (QED) is 0.839. The minimum absolute atomic E-state index is 0.249. The van der Waals surface area contributed by atoms with E-state index in [1.165, 1.54) is 70.6 Å². The number of hydrogen-bond acceptors (Lipinski definition) is 3. The molecule has 122 valence electrons. The van der Waals surface area contributed by atoms with Crippen molar-refractivity contribution in [1.29, 1.82) is 0 Å². The Morgan fingerprint density at radius 1 is 1.10 bits per heavy atom. The van der Waals surface area contributed by atoms with E-state index in [1.807, 2.05) is 0 Å². The second-order valence-corrected chi connectivity index (χ2v) is 7.45. The molecule has 3 rings (SSSR count). The highest BCUT2D eigenvalue weighted by molar-refractivity contribution is 4.94. The van der Waals surface area contributed by atoms with E-state index in [1.54, 1.807) is 0 Å². The number of rotatable bonds is 5. The molecule has 1 aliphatic carbocycles. The Labute approximate surface area is 130 Å². The van der Waals surface area contributed by atoms with Crippen molar-refractivity contribution in [2.75, 3.05) is 20.3 Å². The van der Waals surface area contributed by atoms with Crippen LogP contribution in [0.4, 0.5) is 0 Å². The van der Waals surface area contributed by atoms with Crippen LogP contribution in [0.1, 0.15) is 70.6 Å². The molecule has 0 aromatic rings. The Balaban J connectivity index is 1.50.